The van der Waals surface area contributed by atoms with Crippen LogP contribution in [0.25, 0.3) is 0 Å². The number of hydrogen-bond acceptors (Lipinski definition) is 4. The summed E-state index contributed by atoms with van der Waals surface area (Å²) in [5.41, 5.74) is 1.69. The molecule has 0 saturated carbocycles. The first-order valence-corrected chi connectivity index (χ1v) is 9.20. The van der Waals surface area contributed by atoms with Gasteiger partial charge < -0.3 is 9.42 Å². The van der Waals surface area contributed by atoms with Gasteiger partial charge >= 0.3 is 0 Å². The molecule has 0 bridgehead atoms. The Bertz CT molecular complexity index is 661. The monoisotopic (exact) mass is 341 g/mol. The van der Waals surface area contributed by atoms with E-state index in [4.69, 9.17) is 4.52 Å². The number of carbonyl (C=O) groups is 1. The first-order valence-electron chi connectivity index (χ1n) is 9.20. The molecule has 1 aliphatic rings. The lowest BCUT2D eigenvalue weighted by atomic mass is 10.1. The molecular formula is C20H27N3O2. The lowest BCUT2D eigenvalue weighted by Gasteiger charge is -2.23. The summed E-state index contributed by atoms with van der Waals surface area (Å²) in [5, 5.41) is 4.01. The van der Waals surface area contributed by atoms with Crippen molar-refractivity contribution in [1.29, 1.82) is 0 Å². The van der Waals surface area contributed by atoms with Crippen LogP contribution in [0.5, 0.6) is 0 Å². The second-order valence-corrected chi connectivity index (χ2v) is 6.90. The number of carbonyl (C=O) groups excluding carboxylic acids is 1. The average molecular weight is 341 g/mol. The summed E-state index contributed by atoms with van der Waals surface area (Å²) < 4.78 is 5.40. The van der Waals surface area contributed by atoms with E-state index in [1.54, 1.807) is 6.07 Å². The second kappa shape index (κ2) is 8.81. The molecule has 0 spiro atoms. The highest BCUT2D eigenvalue weighted by Gasteiger charge is 2.20. The maximum atomic E-state index is 12.6. The SMILES string of the molecule is CN(Cc1ccccc1)Cc1cc(C(=O)N2CCCCCCC2)no1. The van der Waals surface area contributed by atoms with Crippen molar-refractivity contribution in [1.82, 2.24) is 15.0 Å². The first kappa shape index (κ1) is 17.7. The fraction of sp³-hybridized carbons (Fsp3) is 0.500. The molecule has 1 aromatic heterocycles. The van der Waals surface area contributed by atoms with Crippen molar-refractivity contribution >= 4 is 5.91 Å². The molecule has 0 unspecified atom stereocenters. The standard InChI is InChI=1S/C20H27N3O2/c1-22(15-17-10-6-5-7-11-17)16-18-14-19(21-25-18)20(24)23-12-8-3-2-4-9-13-23/h5-7,10-11,14H,2-4,8-9,12-13,15-16H2,1H3. The zero-order chi connectivity index (χ0) is 17.5. The van der Waals surface area contributed by atoms with E-state index < -0.39 is 0 Å². The Balaban J connectivity index is 1.56. The predicted octanol–water partition coefficient (Wildman–Crippen LogP) is 3.71. The number of nitrogens with zero attached hydrogens (tertiary/aromatic N) is 3. The third-order valence-electron chi connectivity index (χ3n) is 4.64. The summed E-state index contributed by atoms with van der Waals surface area (Å²) >= 11 is 0. The molecule has 1 aliphatic heterocycles. The number of likely N-dealkylation sites (tertiary alicyclic amines) is 1. The van der Waals surface area contributed by atoms with Gasteiger partial charge in [0.25, 0.3) is 5.91 Å². The van der Waals surface area contributed by atoms with Gasteiger partial charge in [-0.2, -0.15) is 0 Å². The van der Waals surface area contributed by atoms with Gasteiger partial charge in [0.1, 0.15) is 0 Å². The molecule has 0 radical (unpaired) electrons. The predicted molar refractivity (Wildman–Crippen MR) is 97.1 cm³/mol. The average Bonchev–Trinajstić information content (AvgIpc) is 3.03. The van der Waals surface area contributed by atoms with E-state index in [0.29, 0.717) is 12.2 Å². The van der Waals surface area contributed by atoms with Crippen LogP contribution in [0, 0.1) is 0 Å². The van der Waals surface area contributed by atoms with Gasteiger partial charge in [0.2, 0.25) is 0 Å². The number of rotatable bonds is 5. The molecular weight excluding hydrogens is 314 g/mol. The van der Waals surface area contributed by atoms with Crippen molar-refractivity contribution in [3.63, 3.8) is 0 Å². The van der Waals surface area contributed by atoms with Crippen molar-refractivity contribution in [2.75, 3.05) is 20.1 Å². The molecule has 1 fully saturated rings. The third kappa shape index (κ3) is 5.16. The molecule has 1 amide bonds. The molecule has 0 N–H and O–H groups in total. The highest BCUT2D eigenvalue weighted by atomic mass is 16.5. The fourth-order valence-electron chi connectivity index (χ4n) is 3.32. The van der Waals surface area contributed by atoms with Crippen molar-refractivity contribution in [2.45, 2.75) is 45.2 Å². The lowest BCUT2D eigenvalue weighted by Crippen LogP contribution is -2.34. The summed E-state index contributed by atoms with van der Waals surface area (Å²) in [4.78, 5) is 16.7. The summed E-state index contributed by atoms with van der Waals surface area (Å²) in [6, 6.07) is 12.1. The van der Waals surface area contributed by atoms with Crippen LogP contribution in [0.1, 0.15) is 53.9 Å². The van der Waals surface area contributed by atoms with Gasteiger partial charge in [0, 0.05) is 25.7 Å². The van der Waals surface area contributed by atoms with E-state index in [-0.39, 0.29) is 5.91 Å². The Morgan fingerprint density at radius 3 is 2.48 bits per heavy atom. The molecule has 3 rings (SSSR count). The minimum absolute atomic E-state index is 0.00242. The lowest BCUT2D eigenvalue weighted by molar-refractivity contribution is 0.0732. The Hall–Kier alpha value is -2.14. The number of benzene rings is 1. The van der Waals surface area contributed by atoms with Crippen LogP contribution >= 0.6 is 0 Å². The van der Waals surface area contributed by atoms with Crippen LogP contribution < -0.4 is 0 Å². The maximum absolute atomic E-state index is 12.6. The summed E-state index contributed by atoms with van der Waals surface area (Å²) in [6.07, 6.45) is 5.85. The molecule has 1 saturated heterocycles. The van der Waals surface area contributed by atoms with Crippen molar-refractivity contribution in [3.05, 3.63) is 53.4 Å². The molecule has 0 aliphatic carbocycles. The molecule has 2 heterocycles. The smallest absolute Gasteiger partial charge is 0.276 e. The van der Waals surface area contributed by atoms with Crippen LogP contribution in [0.3, 0.4) is 0 Å². The Morgan fingerprint density at radius 2 is 1.76 bits per heavy atom. The van der Waals surface area contributed by atoms with Gasteiger partial charge in [0.05, 0.1) is 6.54 Å². The highest BCUT2D eigenvalue weighted by Crippen LogP contribution is 2.15. The fourth-order valence-corrected chi connectivity index (χ4v) is 3.32. The first-order chi connectivity index (χ1) is 12.2. The van der Waals surface area contributed by atoms with Crippen molar-refractivity contribution < 1.29 is 9.32 Å². The van der Waals surface area contributed by atoms with Gasteiger partial charge in [-0.1, -0.05) is 54.8 Å². The molecule has 134 valence electrons. The molecule has 5 nitrogen and oxygen atoms in total. The zero-order valence-corrected chi connectivity index (χ0v) is 15.0. The van der Waals surface area contributed by atoms with Gasteiger partial charge in [-0.15, -0.1) is 0 Å². The number of amides is 1. The van der Waals surface area contributed by atoms with Crippen LogP contribution in [0.15, 0.2) is 40.9 Å². The van der Waals surface area contributed by atoms with Crippen molar-refractivity contribution in [2.24, 2.45) is 0 Å². The third-order valence-corrected chi connectivity index (χ3v) is 4.64. The van der Waals surface area contributed by atoms with Gasteiger partial charge in [-0.05, 0) is 25.5 Å². The van der Waals surface area contributed by atoms with E-state index in [2.05, 4.69) is 22.2 Å². The van der Waals surface area contributed by atoms with Crippen LogP contribution in [0.2, 0.25) is 0 Å². The topological polar surface area (TPSA) is 49.6 Å². The number of hydrogen-bond donors (Lipinski definition) is 0. The van der Waals surface area contributed by atoms with E-state index >= 15 is 0 Å². The zero-order valence-electron chi connectivity index (χ0n) is 15.0. The molecule has 0 atom stereocenters. The Morgan fingerprint density at radius 1 is 1.08 bits per heavy atom. The minimum atomic E-state index is 0.00242. The molecule has 2 aromatic rings. The summed E-state index contributed by atoms with van der Waals surface area (Å²) in [6.45, 7) is 3.12. The highest BCUT2D eigenvalue weighted by molar-refractivity contribution is 5.92. The molecule has 25 heavy (non-hydrogen) atoms. The van der Waals surface area contributed by atoms with Crippen LogP contribution in [-0.2, 0) is 13.1 Å². The van der Waals surface area contributed by atoms with E-state index in [9.17, 15) is 4.79 Å². The van der Waals surface area contributed by atoms with E-state index in [0.717, 1.165) is 38.2 Å². The van der Waals surface area contributed by atoms with Gasteiger partial charge in [-0.3, -0.25) is 9.69 Å². The summed E-state index contributed by atoms with van der Waals surface area (Å²) in [5.74, 6) is 0.733. The van der Waals surface area contributed by atoms with Crippen LogP contribution in [0.4, 0.5) is 0 Å². The van der Waals surface area contributed by atoms with E-state index in [1.165, 1.54) is 24.8 Å². The molecule has 1 aromatic carbocycles. The van der Waals surface area contributed by atoms with E-state index in [1.807, 2.05) is 30.1 Å². The van der Waals surface area contributed by atoms with Crippen molar-refractivity contribution in [3.8, 4) is 0 Å². The normalized spacial score (nSPS) is 15.8. The maximum Gasteiger partial charge on any atom is 0.276 e. The van der Waals surface area contributed by atoms with Gasteiger partial charge in [0.15, 0.2) is 11.5 Å². The minimum Gasteiger partial charge on any atom is -0.359 e. The largest absolute Gasteiger partial charge is 0.359 e. The second-order valence-electron chi connectivity index (χ2n) is 6.90. The molecule has 5 heteroatoms. The Kier molecular flexibility index (Phi) is 6.23. The number of aromatic nitrogens is 1. The van der Waals surface area contributed by atoms with Crippen LogP contribution in [-0.4, -0.2) is 41.0 Å². The van der Waals surface area contributed by atoms with Gasteiger partial charge in [-0.25, -0.2) is 0 Å². The summed E-state index contributed by atoms with van der Waals surface area (Å²) in [7, 11) is 2.04. The quantitative estimate of drug-likeness (QED) is 0.832. The Labute approximate surface area is 149 Å².